The lowest BCUT2D eigenvalue weighted by Gasteiger charge is -2.34. The highest BCUT2D eigenvalue weighted by atomic mass is 16.1. The van der Waals surface area contributed by atoms with Crippen LogP contribution in [0.2, 0.25) is 0 Å². The van der Waals surface area contributed by atoms with Crippen LogP contribution in [0.5, 0.6) is 0 Å². The monoisotopic (exact) mass is 398 g/mol. The first-order valence-electron chi connectivity index (χ1n) is 10.2. The van der Waals surface area contributed by atoms with Crippen LogP contribution >= 0.6 is 0 Å². The van der Waals surface area contributed by atoms with E-state index in [-0.39, 0.29) is 17.7 Å². The number of amides is 1. The van der Waals surface area contributed by atoms with Gasteiger partial charge in [-0.1, -0.05) is 42.5 Å². The molecule has 6 nitrogen and oxygen atoms in total. The van der Waals surface area contributed by atoms with Crippen molar-refractivity contribution in [3.05, 3.63) is 88.8 Å². The minimum atomic E-state index is -0.330. The van der Waals surface area contributed by atoms with Gasteiger partial charge in [0, 0.05) is 23.4 Å². The Morgan fingerprint density at radius 2 is 1.87 bits per heavy atom. The lowest BCUT2D eigenvalue weighted by Crippen LogP contribution is -2.32. The van der Waals surface area contributed by atoms with Gasteiger partial charge < -0.3 is 10.6 Å². The van der Waals surface area contributed by atoms with E-state index < -0.39 is 0 Å². The largest absolute Gasteiger partial charge is 0.343 e. The molecule has 0 saturated carbocycles. The maximum absolute atomic E-state index is 13.0. The number of aromatic nitrogens is 2. The number of benzene rings is 2. The van der Waals surface area contributed by atoms with Crippen molar-refractivity contribution < 1.29 is 9.59 Å². The van der Waals surface area contributed by atoms with Crippen LogP contribution in [-0.2, 0) is 4.79 Å². The highest BCUT2D eigenvalue weighted by Gasteiger charge is 2.38. The van der Waals surface area contributed by atoms with Crippen molar-refractivity contribution in [3.8, 4) is 0 Å². The van der Waals surface area contributed by atoms with E-state index >= 15 is 0 Å². The summed E-state index contributed by atoms with van der Waals surface area (Å²) in [5.74, 6) is 0.545. The van der Waals surface area contributed by atoms with Crippen LogP contribution in [0.1, 0.15) is 46.8 Å². The van der Waals surface area contributed by atoms with Crippen molar-refractivity contribution in [2.24, 2.45) is 0 Å². The first-order chi connectivity index (χ1) is 14.6. The standard InChI is InChI=1S/C24H22N4O2/c1-15-8-5-6-11-17(15)22-21-19(12-7-13-20(21)29)27-23-18(14-25-28(22)23)24(30)26-16-9-3-2-4-10-16/h2-6,8-11,14,22,27H,7,12-13H2,1H3,(H,26,30)/t22-/m0/s1. The minimum Gasteiger partial charge on any atom is -0.343 e. The van der Waals surface area contributed by atoms with Crippen LogP contribution in [0.3, 0.4) is 0 Å². The third-order valence-electron chi connectivity index (χ3n) is 5.80. The van der Waals surface area contributed by atoms with Gasteiger partial charge in [0.1, 0.15) is 17.4 Å². The van der Waals surface area contributed by atoms with Crippen molar-refractivity contribution in [1.29, 1.82) is 0 Å². The molecule has 2 aliphatic rings. The van der Waals surface area contributed by atoms with Gasteiger partial charge in [-0.2, -0.15) is 5.10 Å². The summed E-state index contributed by atoms with van der Waals surface area (Å²) in [6, 6.07) is 17.0. The lowest BCUT2D eigenvalue weighted by molar-refractivity contribution is -0.116. The summed E-state index contributed by atoms with van der Waals surface area (Å²) in [7, 11) is 0. The number of allylic oxidation sites excluding steroid dienone is 2. The Bertz CT molecular complexity index is 1180. The Morgan fingerprint density at radius 3 is 2.67 bits per heavy atom. The maximum Gasteiger partial charge on any atom is 0.261 e. The van der Waals surface area contributed by atoms with Crippen molar-refractivity contribution >= 4 is 23.2 Å². The van der Waals surface area contributed by atoms with Crippen LogP contribution in [0.4, 0.5) is 11.5 Å². The fraction of sp³-hybridized carbons (Fsp3) is 0.208. The number of ketones is 1. The van der Waals surface area contributed by atoms with Crippen LogP contribution in [0.25, 0.3) is 0 Å². The molecule has 1 aromatic heterocycles. The summed E-state index contributed by atoms with van der Waals surface area (Å²) in [6.07, 6.45) is 3.72. The van der Waals surface area contributed by atoms with Gasteiger partial charge in [0.25, 0.3) is 5.91 Å². The molecule has 6 heteroatoms. The molecule has 150 valence electrons. The Hall–Kier alpha value is -3.67. The van der Waals surface area contributed by atoms with E-state index in [4.69, 9.17) is 0 Å². The van der Waals surface area contributed by atoms with Gasteiger partial charge in [-0.3, -0.25) is 9.59 Å². The minimum absolute atomic E-state index is 0.147. The molecule has 5 rings (SSSR count). The number of anilines is 2. The van der Waals surface area contributed by atoms with Crippen molar-refractivity contribution in [3.63, 3.8) is 0 Å². The smallest absolute Gasteiger partial charge is 0.261 e. The molecule has 1 amide bonds. The van der Waals surface area contributed by atoms with Crippen LogP contribution < -0.4 is 10.6 Å². The lowest BCUT2D eigenvalue weighted by atomic mass is 9.84. The SMILES string of the molecule is Cc1ccccc1[C@H]1C2=C(CCCC2=O)Nc2c(C(=O)Nc3ccccc3)cnn21. The van der Waals surface area contributed by atoms with Gasteiger partial charge in [-0.25, -0.2) is 4.68 Å². The number of hydrogen-bond acceptors (Lipinski definition) is 4. The fourth-order valence-electron chi connectivity index (χ4n) is 4.33. The van der Waals surface area contributed by atoms with Gasteiger partial charge in [-0.15, -0.1) is 0 Å². The molecule has 0 bridgehead atoms. The van der Waals surface area contributed by atoms with Crippen molar-refractivity contribution in [2.45, 2.75) is 32.2 Å². The number of nitrogens with zero attached hydrogens (tertiary/aromatic N) is 2. The van der Waals surface area contributed by atoms with Crippen LogP contribution in [-0.4, -0.2) is 21.5 Å². The molecule has 2 aromatic carbocycles. The molecule has 1 atom stereocenters. The molecule has 0 spiro atoms. The Balaban J connectivity index is 1.61. The normalized spacial score (nSPS) is 17.8. The number of rotatable bonds is 3. The number of nitrogens with one attached hydrogen (secondary N) is 2. The number of hydrogen-bond donors (Lipinski definition) is 2. The summed E-state index contributed by atoms with van der Waals surface area (Å²) in [5.41, 5.74) is 4.97. The predicted molar refractivity (Wildman–Crippen MR) is 115 cm³/mol. The highest BCUT2D eigenvalue weighted by Crippen LogP contribution is 2.42. The molecule has 3 aromatic rings. The first-order valence-corrected chi connectivity index (χ1v) is 10.2. The van der Waals surface area contributed by atoms with E-state index in [0.29, 0.717) is 17.8 Å². The van der Waals surface area contributed by atoms with Gasteiger partial charge in [-0.05, 0) is 43.0 Å². The fourth-order valence-corrected chi connectivity index (χ4v) is 4.33. The molecule has 2 heterocycles. The molecule has 1 aliphatic heterocycles. The zero-order valence-electron chi connectivity index (χ0n) is 16.7. The van der Waals surface area contributed by atoms with E-state index in [1.54, 1.807) is 10.9 Å². The highest BCUT2D eigenvalue weighted by molar-refractivity contribution is 6.08. The number of para-hydroxylation sites is 1. The average Bonchev–Trinajstić information content (AvgIpc) is 3.17. The van der Waals surface area contributed by atoms with Gasteiger partial charge in [0.05, 0.1) is 6.20 Å². The zero-order chi connectivity index (χ0) is 20.7. The third-order valence-corrected chi connectivity index (χ3v) is 5.80. The second kappa shape index (κ2) is 7.30. The number of aryl methyl sites for hydroxylation is 1. The van der Waals surface area contributed by atoms with Crippen molar-refractivity contribution in [1.82, 2.24) is 9.78 Å². The van der Waals surface area contributed by atoms with E-state index in [0.717, 1.165) is 40.9 Å². The van der Waals surface area contributed by atoms with Crippen LogP contribution in [0, 0.1) is 6.92 Å². The summed E-state index contributed by atoms with van der Waals surface area (Å²) in [5, 5.41) is 10.8. The van der Waals surface area contributed by atoms with E-state index in [1.165, 1.54) is 0 Å². The molecule has 30 heavy (non-hydrogen) atoms. The van der Waals surface area contributed by atoms with Gasteiger partial charge in [0.2, 0.25) is 0 Å². The Morgan fingerprint density at radius 1 is 1.10 bits per heavy atom. The van der Waals surface area contributed by atoms with E-state index in [1.807, 2.05) is 61.5 Å². The second-order valence-electron chi connectivity index (χ2n) is 7.72. The predicted octanol–water partition coefficient (Wildman–Crippen LogP) is 4.47. The van der Waals surface area contributed by atoms with Crippen LogP contribution in [0.15, 0.2) is 72.1 Å². The quantitative estimate of drug-likeness (QED) is 0.683. The number of carbonyl (C=O) groups excluding carboxylic acids is 2. The van der Waals surface area contributed by atoms with E-state index in [2.05, 4.69) is 15.7 Å². The summed E-state index contributed by atoms with van der Waals surface area (Å²) in [6.45, 7) is 2.04. The topological polar surface area (TPSA) is 76.0 Å². The summed E-state index contributed by atoms with van der Waals surface area (Å²) in [4.78, 5) is 25.9. The van der Waals surface area contributed by atoms with Crippen molar-refractivity contribution in [2.75, 3.05) is 10.6 Å². The molecule has 0 saturated heterocycles. The first kappa shape index (κ1) is 18.4. The average molecular weight is 398 g/mol. The van der Waals surface area contributed by atoms with E-state index in [9.17, 15) is 9.59 Å². The Kier molecular flexibility index (Phi) is 4.47. The van der Waals surface area contributed by atoms with Gasteiger partial charge in [0.15, 0.2) is 5.78 Å². The Labute approximate surface area is 174 Å². The second-order valence-corrected chi connectivity index (χ2v) is 7.72. The molecular weight excluding hydrogens is 376 g/mol. The zero-order valence-corrected chi connectivity index (χ0v) is 16.7. The molecule has 2 N–H and O–H groups in total. The van der Waals surface area contributed by atoms with Gasteiger partial charge >= 0.3 is 0 Å². The molecule has 0 radical (unpaired) electrons. The number of fused-ring (bicyclic) bond motifs is 1. The molecule has 1 aliphatic carbocycles. The summed E-state index contributed by atoms with van der Waals surface area (Å²) >= 11 is 0. The third kappa shape index (κ3) is 3.01. The number of carbonyl (C=O) groups is 2. The molecule has 0 fully saturated rings. The summed E-state index contributed by atoms with van der Waals surface area (Å²) < 4.78 is 1.78. The number of Topliss-reactive ketones (excluding diaryl/α,β-unsaturated/α-hetero) is 1. The molecule has 0 unspecified atom stereocenters. The maximum atomic E-state index is 13.0. The molecular formula is C24H22N4O2.